The van der Waals surface area contributed by atoms with Gasteiger partial charge in [0.2, 0.25) is 0 Å². The zero-order chi connectivity index (χ0) is 14.3. The van der Waals surface area contributed by atoms with Crippen molar-refractivity contribution in [3.63, 3.8) is 0 Å². The van der Waals surface area contributed by atoms with Gasteiger partial charge in [-0.15, -0.1) is 0 Å². The van der Waals surface area contributed by atoms with E-state index >= 15 is 0 Å². The maximum atomic E-state index is 11.0. The highest BCUT2D eigenvalue weighted by Crippen LogP contribution is 2.18. The maximum absolute atomic E-state index is 11.0. The number of nitrogens with one attached hydrogen (secondary N) is 1. The Morgan fingerprint density at radius 3 is 2.37 bits per heavy atom. The number of rotatable bonds is 8. The SMILES string of the molecule is CC(C)Oc1ccc(C(C)NCCCS(C)=O)cc1. The average Bonchev–Trinajstić information content (AvgIpc) is 2.34. The summed E-state index contributed by atoms with van der Waals surface area (Å²) in [5.41, 5.74) is 1.24. The van der Waals surface area contributed by atoms with Crippen LogP contribution in [0, 0.1) is 0 Å². The van der Waals surface area contributed by atoms with Gasteiger partial charge in [0, 0.05) is 28.9 Å². The van der Waals surface area contributed by atoms with E-state index in [2.05, 4.69) is 24.4 Å². The van der Waals surface area contributed by atoms with Gasteiger partial charge in [-0.1, -0.05) is 12.1 Å². The summed E-state index contributed by atoms with van der Waals surface area (Å²) in [5, 5.41) is 3.44. The molecule has 0 radical (unpaired) electrons. The van der Waals surface area contributed by atoms with Crippen molar-refractivity contribution in [2.45, 2.75) is 39.3 Å². The molecule has 0 saturated heterocycles. The molecule has 0 aromatic heterocycles. The Balaban J connectivity index is 2.39. The zero-order valence-electron chi connectivity index (χ0n) is 12.3. The molecular weight excluding hydrogens is 258 g/mol. The van der Waals surface area contributed by atoms with Crippen LogP contribution >= 0.6 is 0 Å². The molecule has 1 aromatic carbocycles. The molecule has 0 spiro atoms. The van der Waals surface area contributed by atoms with E-state index < -0.39 is 10.8 Å². The molecule has 0 heterocycles. The first kappa shape index (κ1) is 16.2. The van der Waals surface area contributed by atoms with Gasteiger partial charge in [0.1, 0.15) is 5.75 Å². The number of hydrogen-bond acceptors (Lipinski definition) is 3. The molecule has 3 nitrogen and oxygen atoms in total. The molecule has 1 aromatic rings. The quantitative estimate of drug-likeness (QED) is 0.746. The molecule has 19 heavy (non-hydrogen) atoms. The second-order valence-electron chi connectivity index (χ2n) is 5.04. The van der Waals surface area contributed by atoms with Crippen LogP contribution in [0.15, 0.2) is 24.3 Å². The van der Waals surface area contributed by atoms with E-state index in [0.29, 0.717) is 6.04 Å². The van der Waals surface area contributed by atoms with Gasteiger partial charge in [0.15, 0.2) is 0 Å². The molecule has 0 fully saturated rings. The van der Waals surface area contributed by atoms with Crippen LogP contribution in [-0.2, 0) is 10.8 Å². The Kier molecular flexibility index (Phi) is 7.10. The predicted molar refractivity (Wildman–Crippen MR) is 82.2 cm³/mol. The second kappa shape index (κ2) is 8.33. The minimum atomic E-state index is -0.690. The Hall–Kier alpha value is -0.870. The monoisotopic (exact) mass is 283 g/mol. The second-order valence-corrected chi connectivity index (χ2v) is 6.60. The Labute approximate surface area is 119 Å². The van der Waals surface area contributed by atoms with Crippen LogP contribution in [0.25, 0.3) is 0 Å². The summed E-state index contributed by atoms with van der Waals surface area (Å²) < 4.78 is 16.6. The summed E-state index contributed by atoms with van der Waals surface area (Å²) in [4.78, 5) is 0. The van der Waals surface area contributed by atoms with E-state index in [4.69, 9.17) is 4.74 Å². The highest BCUT2D eigenvalue weighted by atomic mass is 32.2. The molecule has 108 valence electrons. The molecule has 4 heteroatoms. The van der Waals surface area contributed by atoms with E-state index in [-0.39, 0.29) is 6.10 Å². The van der Waals surface area contributed by atoms with Crippen molar-refractivity contribution in [3.8, 4) is 5.75 Å². The number of benzene rings is 1. The van der Waals surface area contributed by atoms with Crippen LogP contribution in [0.5, 0.6) is 5.75 Å². The van der Waals surface area contributed by atoms with Gasteiger partial charge in [0.05, 0.1) is 6.10 Å². The minimum Gasteiger partial charge on any atom is -0.491 e. The maximum Gasteiger partial charge on any atom is 0.119 e. The summed E-state index contributed by atoms with van der Waals surface area (Å²) in [5.74, 6) is 1.67. The molecule has 2 atom stereocenters. The summed E-state index contributed by atoms with van der Waals surface area (Å²) >= 11 is 0. The van der Waals surface area contributed by atoms with Crippen LogP contribution < -0.4 is 10.1 Å². The third-order valence-corrected chi connectivity index (χ3v) is 3.67. The van der Waals surface area contributed by atoms with Gasteiger partial charge >= 0.3 is 0 Å². The Morgan fingerprint density at radius 1 is 1.21 bits per heavy atom. The Bertz CT molecular complexity index is 390. The lowest BCUT2D eigenvalue weighted by atomic mass is 10.1. The molecule has 0 bridgehead atoms. The van der Waals surface area contributed by atoms with Gasteiger partial charge in [-0.2, -0.15) is 0 Å². The highest BCUT2D eigenvalue weighted by Gasteiger charge is 2.05. The third-order valence-electron chi connectivity index (χ3n) is 2.81. The molecule has 0 aliphatic carbocycles. The summed E-state index contributed by atoms with van der Waals surface area (Å²) in [7, 11) is -0.690. The van der Waals surface area contributed by atoms with Crippen molar-refractivity contribution in [1.82, 2.24) is 5.32 Å². The molecule has 0 saturated carbocycles. The fourth-order valence-corrected chi connectivity index (χ4v) is 2.37. The van der Waals surface area contributed by atoms with Crippen molar-refractivity contribution in [2.75, 3.05) is 18.6 Å². The largest absolute Gasteiger partial charge is 0.491 e. The fourth-order valence-electron chi connectivity index (χ4n) is 1.82. The van der Waals surface area contributed by atoms with Crippen LogP contribution in [0.4, 0.5) is 0 Å². The molecule has 1 N–H and O–H groups in total. The van der Waals surface area contributed by atoms with Gasteiger partial charge < -0.3 is 10.1 Å². The van der Waals surface area contributed by atoms with E-state index in [1.165, 1.54) is 5.56 Å². The van der Waals surface area contributed by atoms with Crippen LogP contribution in [-0.4, -0.2) is 28.9 Å². The van der Waals surface area contributed by atoms with Gasteiger partial charge in [0.25, 0.3) is 0 Å². The molecule has 0 aliphatic heterocycles. The van der Waals surface area contributed by atoms with Crippen LogP contribution in [0.1, 0.15) is 38.8 Å². The fraction of sp³-hybridized carbons (Fsp3) is 0.600. The van der Waals surface area contributed by atoms with Crippen molar-refractivity contribution >= 4 is 10.8 Å². The molecule has 1 rings (SSSR count). The van der Waals surface area contributed by atoms with Crippen molar-refractivity contribution in [3.05, 3.63) is 29.8 Å². The van der Waals surface area contributed by atoms with E-state index in [1.54, 1.807) is 6.26 Å². The first-order valence-electron chi connectivity index (χ1n) is 6.79. The predicted octanol–water partition coefficient (Wildman–Crippen LogP) is 2.89. The van der Waals surface area contributed by atoms with E-state index in [0.717, 1.165) is 24.5 Å². The first-order chi connectivity index (χ1) is 8.99. The zero-order valence-corrected chi connectivity index (χ0v) is 13.1. The lowest BCUT2D eigenvalue weighted by molar-refractivity contribution is 0.242. The van der Waals surface area contributed by atoms with Gasteiger partial charge in [-0.25, -0.2) is 0 Å². The third kappa shape index (κ3) is 6.73. The van der Waals surface area contributed by atoms with E-state index in [9.17, 15) is 4.21 Å². The molecule has 0 aliphatic rings. The van der Waals surface area contributed by atoms with Crippen LogP contribution in [0.3, 0.4) is 0 Å². The van der Waals surface area contributed by atoms with Gasteiger partial charge in [-0.05, 0) is 51.4 Å². The average molecular weight is 283 g/mol. The van der Waals surface area contributed by atoms with Crippen LogP contribution in [0.2, 0.25) is 0 Å². The topological polar surface area (TPSA) is 38.3 Å². The lowest BCUT2D eigenvalue weighted by Gasteiger charge is -2.15. The summed E-state index contributed by atoms with van der Waals surface area (Å²) in [6.45, 7) is 7.08. The summed E-state index contributed by atoms with van der Waals surface area (Å²) in [6, 6.07) is 8.50. The smallest absolute Gasteiger partial charge is 0.119 e. The van der Waals surface area contributed by atoms with Crippen molar-refractivity contribution < 1.29 is 8.95 Å². The van der Waals surface area contributed by atoms with Gasteiger partial charge in [-0.3, -0.25) is 4.21 Å². The number of ether oxygens (including phenoxy) is 1. The lowest BCUT2D eigenvalue weighted by Crippen LogP contribution is -2.21. The standard InChI is InChI=1S/C15H25NO2S/c1-12(2)18-15-8-6-14(7-9-15)13(3)16-10-5-11-19(4)17/h6-9,12-13,16H,5,10-11H2,1-4H3. The number of hydrogen-bond donors (Lipinski definition) is 1. The molecular formula is C15H25NO2S. The summed E-state index contributed by atoms with van der Waals surface area (Å²) in [6.07, 6.45) is 2.90. The van der Waals surface area contributed by atoms with Crippen molar-refractivity contribution in [1.29, 1.82) is 0 Å². The van der Waals surface area contributed by atoms with E-state index in [1.807, 2.05) is 26.0 Å². The molecule has 0 amide bonds. The Morgan fingerprint density at radius 2 is 1.84 bits per heavy atom. The minimum absolute atomic E-state index is 0.205. The first-order valence-corrected chi connectivity index (χ1v) is 8.51. The molecule has 2 unspecified atom stereocenters. The normalized spacial score (nSPS) is 14.4. The van der Waals surface area contributed by atoms with Crippen molar-refractivity contribution in [2.24, 2.45) is 0 Å². The highest BCUT2D eigenvalue weighted by molar-refractivity contribution is 7.84.